The van der Waals surface area contributed by atoms with Gasteiger partial charge in [-0.25, -0.2) is 9.98 Å². The molecule has 2 aromatic rings. The van der Waals surface area contributed by atoms with Crippen molar-refractivity contribution in [3.63, 3.8) is 0 Å². The van der Waals surface area contributed by atoms with E-state index in [0.717, 1.165) is 28.7 Å². The third-order valence-electron chi connectivity index (χ3n) is 3.50. The van der Waals surface area contributed by atoms with E-state index < -0.39 is 0 Å². The van der Waals surface area contributed by atoms with Gasteiger partial charge in [0.15, 0.2) is 5.96 Å². The number of benzene rings is 1. The van der Waals surface area contributed by atoms with Crippen LogP contribution < -0.4 is 15.4 Å². The van der Waals surface area contributed by atoms with Crippen molar-refractivity contribution in [2.75, 3.05) is 26.9 Å². The summed E-state index contributed by atoms with van der Waals surface area (Å²) in [5.74, 6) is 1.33. The molecule has 0 saturated carbocycles. The highest BCUT2D eigenvalue weighted by molar-refractivity contribution is 14.0. The van der Waals surface area contributed by atoms with Gasteiger partial charge in [0.1, 0.15) is 6.61 Å². The normalized spacial score (nSPS) is 10.9. The van der Waals surface area contributed by atoms with Gasteiger partial charge >= 0.3 is 0 Å². The van der Waals surface area contributed by atoms with Gasteiger partial charge in [-0.3, -0.25) is 0 Å². The average molecular weight is 505 g/mol. The summed E-state index contributed by atoms with van der Waals surface area (Å²) in [6.07, 6.45) is 1.71. The van der Waals surface area contributed by atoms with E-state index in [9.17, 15) is 0 Å². The zero-order valence-corrected chi connectivity index (χ0v) is 18.7. The molecule has 1 aromatic carbocycles. The lowest BCUT2D eigenvalue weighted by atomic mass is 10.2. The topological polar surface area (TPSA) is 67.8 Å². The van der Waals surface area contributed by atoms with Gasteiger partial charge < -0.3 is 20.1 Å². The Morgan fingerprint density at radius 3 is 2.63 bits per heavy atom. The highest BCUT2D eigenvalue weighted by atomic mass is 127. The Morgan fingerprint density at radius 1 is 1.15 bits per heavy atom. The second kappa shape index (κ2) is 13.6. The number of aromatic nitrogens is 1. The van der Waals surface area contributed by atoms with Crippen molar-refractivity contribution in [3.05, 3.63) is 58.7 Å². The van der Waals surface area contributed by atoms with Gasteiger partial charge in [0.2, 0.25) is 5.88 Å². The average Bonchev–Trinajstić information content (AvgIpc) is 2.66. The van der Waals surface area contributed by atoms with Crippen LogP contribution in [0.1, 0.15) is 18.1 Å². The minimum Gasteiger partial charge on any atom is -0.475 e. The summed E-state index contributed by atoms with van der Waals surface area (Å²) in [7, 11) is 1.64. The maximum absolute atomic E-state index is 5.92. The molecule has 0 bridgehead atoms. The van der Waals surface area contributed by atoms with E-state index in [1.807, 2.05) is 43.3 Å². The summed E-state index contributed by atoms with van der Waals surface area (Å²) in [4.78, 5) is 8.89. The predicted molar refractivity (Wildman–Crippen MR) is 120 cm³/mol. The zero-order chi connectivity index (χ0) is 18.6. The van der Waals surface area contributed by atoms with Crippen LogP contribution in [0.25, 0.3) is 0 Å². The summed E-state index contributed by atoms with van der Waals surface area (Å²) < 4.78 is 10.7. The molecule has 0 saturated heterocycles. The fourth-order valence-corrected chi connectivity index (χ4v) is 2.32. The molecule has 0 atom stereocenters. The Morgan fingerprint density at radius 2 is 1.93 bits per heavy atom. The molecule has 0 aliphatic carbocycles. The lowest BCUT2D eigenvalue weighted by Gasteiger charge is -2.14. The molecule has 0 aliphatic heterocycles. The van der Waals surface area contributed by atoms with Crippen LogP contribution in [-0.2, 0) is 17.8 Å². The molecule has 0 aliphatic rings. The highest BCUT2D eigenvalue weighted by Crippen LogP contribution is 2.14. The minimum absolute atomic E-state index is 0. The van der Waals surface area contributed by atoms with Crippen LogP contribution in [0, 0.1) is 0 Å². The van der Waals surface area contributed by atoms with E-state index in [4.69, 9.17) is 21.1 Å². The number of pyridine rings is 1. The van der Waals surface area contributed by atoms with Crippen LogP contribution in [0.2, 0.25) is 5.02 Å². The van der Waals surface area contributed by atoms with E-state index in [1.54, 1.807) is 13.3 Å². The Hall–Kier alpha value is -1.58. The second-order valence-corrected chi connectivity index (χ2v) is 5.92. The summed E-state index contributed by atoms with van der Waals surface area (Å²) in [6, 6.07) is 11.5. The molecule has 1 heterocycles. The standard InChI is InChI=1S/C19H25ClN4O2.HI/c1-3-21-19(23-13-15-6-8-17(20)9-7-15)24-14-16-5-4-10-22-18(16)26-12-11-25-2;/h4-10H,3,11-14H2,1-2H3,(H2,21,23,24);1H. The SMILES string of the molecule is CCNC(=NCc1ccc(Cl)cc1)NCc1cccnc1OCCOC.I. The minimum atomic E-state index is 0. The van der Waals surface area contributed by atoms with Crippen LogP contribution in [0.3, 0.4) is 0 Å². The van der Waals surface area contributed by atoms with Gasteiger partial charge in [-0.1, -0.05) is 29.8 Å². The lowest BCUT2D eigenvalue weighted by Crippen LogP contribution is -2.36. The molecular formula is C19H26ClIN4O2. The van der Waals surface area contributed by atoms with E-state index in [0.29, 0.717) is 32.2 Å². The number of nitrogens with zero attached hydrogens (tertiary/aromatic N) is 2. The number of halogens is 2. The first-order valence-electron chi connectivity index (χ1n) is 8.55. The lowest BCUT2D eigenvalue weighted by molar-refractivity contribution is 0.143. The third-order valence-corrected chi connectivity index (χ3v) is 3.75. The predicted octanol–water partition coefficient (Wildman–Crippen LogP) is 3.63. The van der Waals surface area contributed by atoms with Crippen molar-refractivity contribution < 1.29 is 9.47 Å². The van der Waals surface area contributed by atoms with E-state index in [2.05, 4.69) is 20.6 Å². The number of hydrogen-bond donors (Lipinski definition) is 2. The Balaban J connectivity index is 0.00000364. The number of nitrogens with one attached hydrogen (secondary N) is 2. The molecule has 6 nitrogen and oxygen atoms in total. The summed E-state index contributed by atoms with van der Waals surface area (Å²) >= 11 is 5.92. The molecule has 27 heavy (non-hydrogen) atoms. The maximum atomic E-state index is 5.92. The number of aliphatic imine (C=N–C) groups is 1. The van der Waals surface area contributed by atoms with Crippen molar-refractivity contribution in [3.8, 4) is 5.88 Å². The molecule has 8 heteroatoms. The maximum Gasteiger partial charge on any atom is 0.218 e. The van der Waals surface area contributed by atoms with Gasteiger partial charge in [-0.15, -0.1) is 24.0 Å². The highest BCUT2D eigenvalue weighted by Gasteiger charge is 2.06. The third kappa shape index (κ3) is 8.77. The Kier molecular flexibility index (Phi) is 11.8. The molecule has 0 spiro atoms. The van der Waals surface area contributed by atoms with Crippen molar-refractivity contribution in [2.24, 2.45) is 4.99 Å². The van der Waals surface area contributed by atoms with Crippen LogP contribution in [0.5, 0.6) is 5.88 Å². The van der Waals surface area contributed by atoms with Gasteiger partial charge in [0.05, 0.1) is 13.2 Å². The monoisotopic (exact) mass is 504 g/mol. The van der Waals surface area contributed by atoms with Gasteiger partial charge in [-0.2, -0.15) is 0 Å². The van der Waals surface area contributed by atoms with Crippen LogP contribution in [-0.4, -0.2) is 37.8 Å². The molecule has 2 N–H and O–H groups in total. The quantitative estimate of drug-likeness (QED) is 0.236. The molecule has 2 rings (SSSR count). The van der Waals surface area contributed by atoms with Gasteiger partial charge in [-0.05, 0) is 30.7 Å². The van der Waals surface area contributed by atoms with Crippen molar-refractivity contribution >= 4 is 41.5 Å². The van der Waals surface area contributed by atoms with E-state index >= 15 is 0 Å². The van der Waals surface area contributed by atoms with E-state index in [1.165, 1.54) is 0 Å². The van der Waals surface area contributed by atoms with Gasteiger partial charge in [0, 0.05) is 37.0 Å². The molecule has 0 unspecified atom stereocenters. The van der Waals surface area contributed by atoms with Crippen molar-refractivity contribution in [1.29, 1.82) is 0 Å². The van der Waals surface area contributed by atoms with Crippen LogP contribution in [0.15, 0.2) is 47.6 Å². The Bertz CT molecular complexity index is 698. The van der Waals surface area contributed by atoms with Crippen LogP contribution in [0.4, 0.5) is 0 Å². The number of rotatable bonds is 9. The molecule has 1 aromatic heterocycles. The van der Waals surface area contributed by atoms with Gasteiger partial charge in [0.25, 0.3) is 0 Å². The first kappa shape index (κ1) is 23.5. The smallest absolute Gasteiger partial charge is 0.218 e. The molecule has 0 amide bonds. The summed E-state index contributed by atoms with van der Waals surface area (Å²) in [5.41, 5.74) is 2.05. The first-order chi connectivity index (χ1) is 12.7. The largest absolute Gasteiger partial charge is 0.475 e. The molecule has 148 valence electrons. The molecule has 0 fully saturated rings. The number of hydrogen-bond acceptors (Lipinski definition) is 4. The second-order valence-electron chi connectivity index (χ2n) is 5.48. The van der Waals surface area contributed by atoms with Crippen molar-refractivity contribution in [2.45, 2.75) is 20.0 Å². The zero-order valence-electron chi connectivity index (χ0n) is 15.6. The first-order valence-corrected chi connectivity index (χ1v) is 8.93. The number of ether oxygens (including phenoxy) is 2. The molecular weight excluding hydrogens is 479 g/mol. The van der Waals surface area contributed by atoms with E-state index in [-0.39, 0.29) is 24.0 Å². The van der Waals surface area contributed by atoms with Crippen molar-refractivity contribution in [1.82, 2.24) is 15.6 Å². The summed E-state index contributed by atoms with van der Waals surface area (Å²) in [5, 5.41) is 7.27. The molecule has 0 radical (unpaired) electrons. The Labute approximate surface area is 182 Å². The summed E-state index contributed by atoms with van der Waals surface area (Å²) in [6.45, 7) is 4.92. The fraction of sp³-hybridized carbons (Fsp3) is 0.368. The number of guanidine groups is 1. The number of methoxy groups -OCH3 is 1. The van der Waals surface area contributed by atoms with Crippen LogP contribution >= 0.6 is 35.6 Å². The fourth-order valence-electron chi connectivity index (χ4n) is 2.19.